The Balaban J connectivity index is 0.00000124. The predicted molar refractivity (Wildman–Crippen MR) is 117 cm³/mol. The van der Waals surface area contributed by atoms with Crippen molar-refractivity contribution in [3.8, 4) is 11.1 Å². The molecule has 1 aliphatic heterocycles. The number of hydrogen-bond acceptors (Lipinski definition) is 4. The number of nitrogens with one attached hydrogen (secondary N) is 1. The first-order valence-corrected chi connectivity index (χ1v) is 9.75. The van der Waals surface area contributed by atoms with Gasteiger partial charge in [-0.25, -0.2) is 8.78 Å². The van der Waals surface area contributed by atoms with Crippen molar-refractivity contribution in [1.29, 1.82) is 0 Å². The molecule has 0 amide bonds. The van der Waals surface area contributed by atoms with Gasteiger partial charge in [0.25, 0.3) is 0 Å². The van der Waals surface area contributed by atoms with Crippen LogP contribution >= 0.6 is 11.6 Å². The average Bonchev–Trinajstić information content (AvgIpc) is 3.16. The lowest BCUT2D eigenvalue weighted by molar-refractivity contribution is 0.112. The fraction of sp³-hybridized carbons (Fsp3) is 0.174. The average molecular weight is 430 g/mol. The molecule has 4 nitrogen and oxygen atoms in total. The summed E-state index contributed by atoms with van der Waals surface area (Å²) in [7, 11) is 1.50. The van der Waals surface area contributed by atoms with Gasteiger partial charge in [0.2, 0.25) is 0 Å². The SMILES string of the molecule is CN.NC[C@@]1(c2ccccc2)Cc2c(cc(F)c(Cl)c2-c2c(F)cccc2C=O)N1. The van der Waals surface area contributed by atoms with E-state index < -0.39 is 17.2 Å². The van der Waals surface area contributed by atoms with Gasteiger partial charge < -0.3 is 16.8 Å². The molecule has 0 bridgehead atoms. The van der Waals surface area contributed by atoms with Crippen LogP contribution in [0.25, 0.3) is 11.1 Å². The lowest BCUT2D eigenvalue weighted by Gasteiger charge is -2.29. The van der Waals surface area contributed by atoms with Gasteiger partial charge in [0.05, 0.1) is 10.6 Å². The Morgan fingerprint density at radius 2 is 1.77 bits per heavy atom. The molecule has 7 heteroatoms. The summed E-state index contributed by atoms with van der Waals surface area (Å²) in [5.41, 5.74) is 12.3. The van der Waals surface area contributed by atoms with Crippen LogP contribution in [0, 0.1) is 11.6 Å². The summed E-state index contributed by atoms with van der Waals surface area (Å²) in [4.78, 5) is 11.5. The number of nitrogens with two attached hydrogens (primary N) is 2. The second-order valence-corrected chi connectivity index (χ2v) is 7.23. The minimum Gasteiger partial charge on any atom is -0.374 e. The van der Waals surface area contributed by atoms with Gasteiger partial charge >= 0.3 is 0 Å². The summed E-state index contributed by atoms with van der Waals surface area (Å²) >= 11 is 6.28. The topological polar surface area (TPSA) is 81.1 Å². The van der Waals surface area contributed by atoms with Crippen molar-refractivity contribution in [3.05, 3.63) is 87.9 Å². The molecule has 0 saturated heterocycles. The molecule has 1 atom stereocenters. The van der Waals surface area contributed by atoms with Gasteiger partial charge in [0.15, 0.2) is 6.29 Å². The highest BCUT2D eigenvalue weighted by molar-refractivity contribution is 6.34. The lowest BCUT2D eigenvalue weighted by atomic mass is 9.84. The van der Waals surface area contributed by atoms with Crippen LogP contribution in [-0.2, 0) is 12.0 Å². The molecule has 3 aromatic carbocycles. The number of rotatable bonds is 4. The molecule has 0 radical (unpaired) electrons. The van der Waals surface area contributed by atoms with E-state index >= 15 is 0 Å². The van der Waals surface area contributed by atoms with Crippen molar-refractivity contribution < 1.29 is 13.6 Å². The summed E-state index contributed by atoms with van der Waals surface area (Å²) in [6.45, 7) is 0.238. The van der Waals surface area contributed by atoms with Crippen LogP contribution in [0.15, 0.2) is 54.6 Å². The van der Waals surface area contributed by atoms with Crippen molar-refractivity contribution in [2.45, 2.75) is 12.0 Å². The van der Waals surface area contributed by atoms with Gasteiger partial charge in [0.1, 0.15) is 11.6 Å². The third kappa shape index (κ3) is 3.58. The van der Waals surface area contributed by atoms with Crippen LogP contribution in [0.1, 0.15) is 21.5 Å². The van der Waals surface area contributed by atoms with Crippen LogP contribution < -0.4 is 16.8 Å². The highest BCUT2D eigenvalue weighted by atomic mass is 35.5. The fourth-order valence-corrected chi connectivity index (χ4v) is 4.16. The van der Waals surface area contributed by atoms with Crippen LogP contribution in [0.3, 0.4) is 0 Å². The maximum Gasteiger partial charge on any atom is 0.150 e. The Bertz CT molecular complexity index is 1080. The second-order valence-electron chi connectivity index (χ2n) is 6.85. The largest absolute Gasteiger partial charge is 0.374 e. The highest BCUT2D eigenvalue weighted by Crippen LogP contribution is 2.48. The van der Waals surface area contributed by atoms with Crippen molar-refractivity contribution in [2.75, 3.05) is 18.9 Å². The smallest absolute Gasteiger partial charge is 0.150 e. The molecule has 3 aromatic rings. The normalized spacial score (nSPS) is 16.9. The molecule has 5 N–H and O–H groups in total. The number of anilines is 1. The Morgan fingerprint density at radius 1 is 1.07 bits per heavy atom. The van der Waals surface area contributed by atoms with E-state index in [9.17, 15) is 13.6 Å². The molecule has 156 valence electrons. The maximum atomic E-state index is 14.7. The zero-order chi connectivity index (χ0) is 21.9. The van der Waals surface area contributed by atoms with Crippen LogP contribution in [0.2, 0.25) is 5.02 Å². The van der Waals surface area contributed by atoms with Gasteiger partial charge in [-0.05, 0) is 30.3 Å². The Hall–Kier alpha value is -2.80. The lowest BCUT2D eigenvalue weighted by Crippen LogP contribution is -2.41. The molecule has 30 heavy (non-hydrogen) atoms. The first kappa shape index (κ1) is 21.9. The number of benzene rings is 3. The molecule has 0 saturated carbocycles. The zero-order valence-electron chi connectivity index (χ0n) is 16.4. The predicted octanol–water partition coefficient (Wildman–Crippen LogP) is 4.49. The molecule has 1 heterocycles. The quantitative estimate of drug-likeness (QED) is 0.533. The highest BCUT2D eigenvalue weighted by Gasteiger charge is 2.40. The van der Waals surface area contributed by atoms with Gasteiger partial charge in [-0.2, -0.15) is 0 Å². The number of aldehydes is 1. The molecule has 1 aliphatic rings. The van der Waals surface area contributed by atoms with E-state index in [4.69, 9.17) is 17.3 Å². The van der Waals surface area contributed by atoms with E-state index in [1.165, 1.54) is 31.3 Å². The summed E-state index contributed by atoms with van der Waals surface area (Å²) in [5, 5.41) is 3.10. The van der Waals surface area contributed by atoms with E-state index in [-0.39, 0.29) is 28.3 Å². The van der Waals surface area contributed by atoms with Gasteiger partial charge in [-0.3, -0.25) is 4.79 Å². The summed E-state index contributed by atoms with van der Waals surface area (Å²) in [5.74, 6) is -1.33. The standard InChI is InChI=1S/C22H17ClF2N2O.CH5N/c23-21-17(25)9-18-15(20(21)19-13(11-28)5-4-8-16(19)24)10-22(12-26,27-18)14-6-2-1-3-7-14;1-2/h1-9,11,27H,10,12,26H2;2H2,1H3/t22-;/m1./s1. The molecule has 0 aliphatic carbocycles. The Labute approximate surface area is 178 Å². The van der Waals surface area contributed by atoms with Gasteiger partial charge in [-0.15, -0.1) is 0 Å². The summed E-state index contributed by atoms with van der Waals surface area (Å²) in [6.07, 6.45) is 0.923. The number of hydrogen-bond donors (Lipinski definition) is 3. The summed E-state index contributed by atoms with van der Waals surface area (Å²) < 4.78 is 29.3. The maximum absolute atomic E-state index is 14.7. The third-order valence-corrected chi connectivity index (χ3v) is 5.65. The van der Waals surface area contributed by atoms with Crippen LogP contribution in [0.4, 0.5) is 14.5 Å². The minimum absolute atomic E-state index is 0.000864. The molecular formula is C23H22ClF2N3O. The fourth-order valence-electron chi connectivity index (χ4n) is 3.90. The van der Waals surface area contributed by atoms with Crippen molar-refractivity contribution in [1.82, 2.24) is 0 Å². The Kier molecular flexibility index (Phi) is 6.51. The molecule has 0 spiro atoms. The molecule has 0 aromatic heterocycles. The van der Waals surface area contributed by atoms with Crippen molar-refractivity contribution in [3.63, 3.8) is 0 Å². The molecular weight excluding hydrogens is 408 g/mol. The Morgan fingerprint density at radius 3 is 2.40 bits per heavy atom. The first-order valence-electron chi connectivity index (χ1n) is 9.37. The number of halogens is 3. The first-order chi connectivity index (χ1) is 14.5. The van der Waals surface area contributed by atoms with Crippen LogP contribution in [0.5, 0.6) is 0 Å². The van der Waals surface area contributed by atoms with E-state index in [0.717, 1.165) is 5.56 Å². The van der Waals surface area contributed by atoms with E-state index in [1.807, 2.05) is 30.3 Å². The number of fused-ring (bicyclic) bond motifs is 1. The van der Waals surface area contributed by atoms with Gasteiger partial charge in [0, 0.05) is 35.3 Å². The third-order valence-electron chi connectivity index (χ3n) is 5.28. The monoisotopic (exact) mass is 429 g/mol. The molecule has 0 fully saturated rings. The molecule has 0 unspecified atom stereocenters. The van der Waals surface area contributed by atoms with Crippen LogP contribution in [-0.4, -0.2) is 19.9 Å². The second kappa shape index (κ2) is 8.92. The number of carbonyl (C=O) groups is 1. The van der Waals surface area contributed by atoms with E-state index in [2.05, 4.69) is 11.1 Å². The van der Waals surface area contributed by atoms with E-state index in [0.29, 0.717) is 24.0 Å². The number of carbonyl (C=O) groups excluding carboxylic acids is 1. The zero-order valence-corrected chi connectivity index (χ0v) is 17.1. The minimum atomic E-state index is -0.691. The van der Waals surface area contributed by atoms with Crippen molar-refractivity contribution >= 4 is 23.6 Å². The van der Waals surface area contributed by atoms with E-state index in [1.54, 1.807) is 0 Å². The molecule has 4 rings (SSSR count). The van der Waals surface area contributed by atoms with Gasteiger partial charge in [-0.1, -0.05) is 54.1 Å². The van der Waals surface area contributed by atoms with Crippen molar-refractivity contribution in [2.24, 2.45) is 11.5 Å². The summed E-state index contributed by atoms with van der Waals surface area (Å²) in [6, 6.07) is 15.0.